The molecule has 0 fully saturated rings. The normalized spacial score (nSPS) is 11.6. The van der Waals surface area contributed by atoms with Gasteiger partial charge in [0.15, 0.2) is 6.61 Å². The Balaban J connectivity index is 1.99. The molecule has 0 saturated heterocycles. The molecule has 2 N–H and O–H groups in total. The number of amides is 2. The molecule has 1 atom stereocenters. The van der Waals surface area contributed by atoms with Gasteiger partial charge in [-0.25, -0.2) is 4.79 Å². The number of hydrogen-bond acceptors (Lipinski definition) is 5. The van der Waals surface area contributed by atoms with Crippen LogP contribution in [0.25, 0.3) is 0 Å². The lowest BCUT2D eigenvalue weighted by Gasteiger charge is -2.15. The van der Waals surface area contributed by atoms with Crippen LogP contribution in [-0.2, 0) is 14.3 Å². The first-order chi connectivity index (χ1) is 12.7. The average Bonchev–Trinajstić information content (AvgIpc) is 2.86. The number of carbonyl (C=O) groups excluding carboxylic acids is 3. The molecule has 27 heavy (non-hydrogen) atoms. The third-order valence-corrected chi connectivity index (χ3v) is 5.30. The summed E-state index contributed by atoms with van der Waals surface area (Å²) in [7, 11) is 0. The van der Waals surface area contributed by atoms with E-state index in [1.54, 1.807) is 25.1 Å². The first-order valence-electron chi connectivity index (χ1n) is 8.28. The van der Waals surface area contributed by atoms with Crippen LogP contribution in [0.2, 0.25) is 5.02 Å². The van der Waals surface area contributed by atoms with Gasteiger partial charge in [-0.05, 0) is 44.0 Å². The Bertz CT molecular complexity index is 879. The molecule has 0 aliphatic rings. The second-order valence-electron chi connectivity index (χ2n) is 6.09. The molecule has 0 unspecified atom stereocenters. The molecular weight excluding hydrogens is 388 g/mol. The van der Waals surface area contributed by atoms with Crippen LogP contribution < -0.4 is 10.6 Å². The van der Waals surface area contributed by atoms with E-state index < -0.39 is 18.5 Å². The van der Waals surface area contributed by atoms with E-state index in [0.717, 1.165) is 16.0 Å². The van der Waals surface area contributed by atoms with Crippen molar-refractivity contribution < 1.29 is 19.1 Å². The summed E-state index contributed by atoms with van der Waals surface area (Å²) < 4.78 is 5.15. The van der Waals surface area contributed by atoms with Crippen molar-refractivity contribution in [2.45, 2.75) is 33.7 Å². The molecule has 0 aliphatic heterocycles. The minimum Gasteiger partial charge on any atom is -0.452 e. The maximum absolute atomic E-state index is 12.4. The summed E-state index contributed by atoms with van der Waals surface area (Å²) in [5.74, 6) is -1.36. The number of carbonyl (C=O) groups is 3. The fourth-order valence-electron chi connectivity index (χ4n) is 2.47. The molecular formula is C19H21ClN2O4S. The Morgan fingerprint density at radius 1 is 1.26 bits per heavy atom. The first kappa shape index (κ1) is 20.9. The Morgan fingerprint density at radius 2 is 1.96 bits per heavy atom. The van der Waals surface area contributed by atoms with Crippen LogP contribution in [0.15, 0.2) is 24.3 Å². The Kier molecular flexibility index (Phi) is 6.98. The fraction of sp³-hybridized carbons (Fsp3) is 0.316. The van der Waals surface area contributed by atoms with Crippen molar-refractivity contribution in [3.63, 3.8) is 0 Å². The Labute approximate surface area is 166 Å². The van der Waals surface area contributed by atoms with E-state index in [1.165, 1.54) is 18.3 Å². The highest BCUT2D eigenvalue weighted by Crippen LogP contribution is 2.33. The topological polar surface area (TPSA) is 84.5 Å². The summed E-state index contributed by atoms with van der Waals surface area (Å²) in [5, 5.41) is 6.39. The minimum atomic E-state index is -0.647. The number of anilines is 1. The van der Waals surface area contributed by atoms with Crippen LogP contribution in [0.4, 0.5) is 5.00 Å². The van der Waals surface area contributed by atoms with Gasteiger partial charge in [0.2, 0.25) is 5.91 Å². The molecule has 0 radical (unpaired) electrons. The van der Waals surface area contributed by atoms with Gasteiger partial charge in [-0.2, -0.15) is 0 Å². The minimum absolute atomic E-state index is 0.279. The first-order valence-corrected chi connectivity index (χ1v) is 9.48. The molecule has 1 heterocycles. The zero-order chi connectivity index (χ0) is 20.1. The summed E-state index contributed by atoms with van der Waals surface area (Å²) in [6.07, 6.45) is 0. The van der Waals surface area contributed by atoms with Gasteiger partial charge in [0.05, 0.1) is 11.6 Å². The van der Waals surface area contributed by atoms with Crippen LogP contribution in [0, 0.1) is 13.8 Å². The lowest BCUT2D eigenvalue weighted by atomic mass is 10.1. The Morgan fingerprint density at radius 3 is 2.59 bits per heavy atom. The summed E-state index contributed by atoms with van der Waals surface area (Å²) in [6, 6.07) is 6.87. The number of aryl methyl sites for hydroxylation is 1. The summed E-state index contributed by atoms with van der Waals surface area (Å²) in [6.45, 7) is 6.38. The van der Waals surface area contributed by atoms with Crippen molar-refractivity contribution in [3.8, 4) is 0 Å². The van der Waals surface area contributed by atoms with Gasteiger partial charge in [-0.3, -0.25) is 9.59 Å². The second-order valence-corrected chi connectivity index (χ2v) is 7.75. The number of halogens is 1. The van der Waals surface area contributed by atoms with Crippen LogP contribution >= 0.6 is 22.9 Å². The van der Waals surface area contributed by atoms with E-state index in [-0.39, 0.29) is 17.5 Å². The lowest BCUT2D eigenvalue weighted by Crippen LogP contribution is -2.31. The van der Waals surface area contributed by atoms with Crippen LogP contribution in [0.3, 0.4) is 0 Å². The third-order valence-electron chi connectivity index (χ3n) is 3.94. The van der Waals surface area contributed by atoms with Gasteiger partial charge >= 0.3 is 5.97 Å². The van der Waals surface area contributed by atoms with Crippen molar-refractivity contribution in [2.24, 2.45) is 0 Å². The van der Waals surface area contributed by atoms with Crippen LogP contribution in [0.5, 0.6) is 0 Å². The van der Waals surface area contributed by atoms with Crippen LogP contribution in [0.1, 0.15) is 46.3 Å². The molecule has 0 bridgehead atoms. The smallest absolute Gasteiger partial charge is 0.341 e. The fourth-order valence-corrected chi connectivity index (χ4v) is 3.76. The molecule has 2 amide bonds. The summed E-state index contributed by atoms with van der Waals surface area (Å²) in [4.78, 5) is 36.8. The SMILES string of the molecule is CC(=O)Nc1sc(C)c(C)c1C(=O)OCC(=O)N[C@H](C)c1cccc(Cl)c1. The number of hydrogen-bond donors (Lipinski definition) is 2. The van der Waals surface area contributed by atoms with Crippen molar-refractivity contribution in [2.75, 3.05) is 11.9 Å². The molecule has 2 aromatic rings. The van der Waals surface area contributed by atoms with Gasteiger partial charge in [0.25, 0.3) is 5.91 Å². The highest BCUT2D eigenvalue weighted by Gasteiger charge is 2.22. The van der Waals surface area contributed by atoms with Crippen molar-refractivity contribution in [3.05, 3.63) is 50.9 Å². The zero-order valence-corrected chi connectivity index (χ0v) is 17.1. The number of ether oxygens (including phenoxy) is 1. The monoisotopic (exact) mass is 408 g/mol. The Hall–Kier alpha value is -2.38. The van der Waals surface area contributed by atoms with Gasteiger partial charge < -0.3 is 15.4 Å². The lowest BCUT2D eigenvalue weighted by molar-refractivity contribution is -0.124. The molecule has 1 aromatic carbocycles. The largest absolute Gasteiger partial charge is 0.452 e. The van der Waals surface area contributed by atoms with Gasteiger partial charge in [-0.1, -0.05) is 23.7 Å². The van der Waals surface area contributed by atoms with E-state index in [1.807, 2.05) is 19.9 Å². The van der Waals surface area contributed by atoms with Gasteiger partial charge in [-0.15, -0.1) is 11.3 Å². The zero-order valence-electron chi connectivity index (χ0n) is 15.5. The third kappa shape index (κ3) is 5.55. The number of esters is 1. The molecule has 8 heteroatoms. The van der Waals surface area contributed by atoms with Crippen molar-refractivity contribution in [1.29, 1.82) is 0 Å². The second kappa shape index (κ2) is 9.01. The number of rotatable bonds is 6. The quantitative estimate of drug-likeness (QED) is 0.707. The summed E-state index contributed by atoms with van der Waals surface area (Å²) in [5.41, 5.74) is 1.85. The number of nitrogens with one attached hydrogen (secondary N) is 2. The van der Waals surface area contributed by atoms with E-state index >= 15 is 0 Å². The molecule has 144 valence electrons. The standard InChI is InChI=1S/C19H21ClN2O4S/c1-10-12(3)27-18(22-13(4)23)17(10)19(25)26-9-16(24)21-11(2)14-6-5-7-15(20)8-14/h5-8,11H,9H2,1-4H3,(H,21,24)(H,22,23)/t11-/m1/s1. The number of thiophene rings is 1. The maximum Gasteiger partial charge on any atom is 0.341 e. The molecule has 0 saturated carbocycles. The predicted molar refractivity (Wildman–Crippen MR) is 106 cm³/mol. The number of benzene rings is 1. The van der Waals surface area contributed by atoms with Crippen molar-refractivity contribution >= 4 is 45.7 Å². The van der Waals surface area contributed by atoms with E-state index in [4.69, 9.17) is 16.3 Å². The van der Waals surface area contributed by atoms with Gasteiger partial charge in [0.1, 0.15) is 5.00 Å². The van der Waals surface area contributed by atoms with E-state index in [2.05, 4.69) is 10.6 Å². The maximum atomic E-state index is 12.4. The van der Waals surface area contributed by atoms with Crippen molar-refractivity contribution in [1.82, 2.24) is 5.32 Å². The average molecular weight is 409 g/mol. The van der Waals surface area contributed by atoms with E-state index in [0.29, 0.717) is 10.0 Å². The molecule has 6 nitrogen and oxygen atoms in total. The highest BCUT2D eigenvalue weighted by atomic mass is 35.5. The van der Waals surface area contributed by atoms with Gasteiger partial charge in [0, 0.05) is 16.8 Å². The molecule has 0 spiro atoms. The van der Waals surface area contributed by atoms with E-state index in [9.17, 15) is 14.4 Å². The molecule has 2 rings (SSSR count). The molecule has 0 aliphatic carbocycles. The summed E-state index contributed by atoms with van der Waals surface area (Å²) >= 11 is 7.25. The highest BCUT2D eigenvalue weighted by molar-refractivity contribution is 7.16. The van der Waals surface area contributed by atoms with Crippen LogP contribution in [-0.4, -0.2) is 24.4 Å². The predicted octanol–water partition coefficient (Wildman–Crippen LogP) is 4.01. The molecule has 1 aromatic heterocycles.